The maximum Gasteiger partial charge on any atom is 0.314 e. The molecule has 0 aliphatic carbocycles. The van der Waals surface area contributed by atoms with Gasteiger partial charge in [-0.15, -0.1) is 0 Å². The first-order valence-corrected chi connectivity index (χ1v) is 11.1. The Morgan fingerprint density at radius 2 is 1.82 bits per heavy atom. The lowest BCUT2D eigenvalue weighted by molar-refractivity contribution is -0.139. The molecule has 1 atom stereocenters. The smallest absolute Gasteiger partial charge is 0.314 e. The fraction of sp³-hybridized carbons (Fsp3) is 0.111. The lowest BCUT2D eigenvalue weighted by atomic mass is 9.97. The number of rotatable bonds is 7. The molecule has 0 saturated heterocycles. The first-order chi connectivity index (χ1) is 16.5. The molecule has 0 aliphatic rings. The van der Waals surface area contributed by atoms with E-state index in [1.54, 1.807) is 18.1 Å². The van der Waals surface area contributed by atoms with E-state index in [2.05, 4.69) is 0 Å². The summed E-state index contributed by atoms with van der Waals surface area (Å²) in [6.45, 7) is 0. The largest absolute Gasteiger partial charge is 0.497 e. The summed E-state index contributed by atoms with van der Waals surface area (Å²) in [5.74, 6) is -0.681. The molecule has 0 fully saturated rings. The van der Waals surface area contributed by atoms with Crippen LogP contribution in [0.25, 0.3) is 27.7 Å². The van der Waals surface area contributed by atoms with Crippen molar-refractivity contribution in [3.63, 3.8) is 0 Å². The molecular formula is C27H21ClN2O4. The van der Waals surface area contributed by atoms with Gasteiger partial charge >= 0.3 is 5.97 Å². The summed E-state index contributed by atoms with van der Waals surface area (Å²) in [5, 5.41) is 17.1. The number of fused-ring (bicyclic) bond motifs is 1. The maximum atomic E-state index is 12.3. The Labute approximate surface area is 201 Å². The molecule has 0 bridgehead atoms. The molecule has 170 valence electrons. The van der Waals surface area contributed by atoms with Gasteiger partial charge in [0.15, 0.2) is 0 Å². The van der Waals surface area contributed by atoms with Gasteiger partial charge in [-0.05, 0) is 42.5 Å². The minimum atomic E-state index is -0.966. The molecule has 0 radical (unpaired) electrons. The van der Waals surface area contributed by atoms with Crippen molar-refractivity contribution in [2.75, 3.05) is 7.11 Å². The normalized spacial score (nSPS) is 12.1. The number of hydrogen-bond donors (Lipinski definition) is 1. The lowest BCUT2D eigenvalue weighted by Crippen LogP contribution is -2.14. The molecular weight excluding hydrogens is 452 g/mol. The first-order valence-electron chi connectivity index (χ1n) is 10.7. The molecule has 1 unspecified atom stereocenters. The Morgan fingerprint density at radius 3 is 2.53 bits per heavy atom. The highest BCUT2D eigenvalue weighted by atomic mass is 35.5. The summed E-state index contributed by atoms with van der Waals surface area (Å²) in [5.41, 5.74) is 3.19. The number of carboxylic acids is 1. The van der Waals surface area contributed by atoms with Crippen LogP contribution in [0.15, 0.2) is 89.5 Å². The van der Waals surface area contributed by atoms with Gasteiger partial charge in [0.1, 0.15) is 17.4 Å². The summed E-state index contributed by atoms with van der Waals surface area (Å²) < 4.78 is 12.8. The van der Waals surface area contributed by atoms with Crippen LogP contribution in [0.2, 0.25) is 5.02 Å². The van der Waals surface area contributed by atoms with Crippen LogP contribution in [-0.2, 0) is 11.2 Å². The van der Waals surface area contributed by atoms with Gasteiger partial charge in [0.2, 0.25) is 0 Å². The van der Waals surface area contributed by atoms with E-state index in [1.165, 1.54) is 0 Å². The Kier molecular flexibility index (Phi) is 5.82. The zero-order valence-corrected chi connectivity index (χ0v) is 19.1. The molecule has 0 saturated carbocycles. The molecule has 34 heavy (non-hydrogen) atoms. The predicted octanol–water partition coefficient (Wildman–Crippen LogP) is 6.36. The third-order valence-corrected chi connectivity index (χ3v) is 6.04. The molecule has 5 rings (SSSR count). The van der Waals surface area contributed by atoms with Gasteiger partial charge in [0.25, 0.3) is 0 Å². The highest BCUT2D eigenvalue weighted by Crippen LogP contribution is 2.32. The van der Waals surface area contributed by atoms with E-state index < -0.39 is 11.9 Å². The molecule has 5 aromatic rings. The zero-order valence-electron chi connectivity index (χ0n) is 18.3. The molecule has 7 heteroatoms. The van der Waals surface area contributed by atoms with E-state index in [0.717, 1.165) is 33.5 Å². The third-order valence-electron chi connectivity index (χ3n) is 5.78. The number of hydrogen-bond acceptors (Lipinski definition) is 4. The van der Waals surface area contributed by atoms with E-state index in [-0.39, 0.29) is 6.42 Å². The third kappa shape index (κ3) is 4.16. The highest BCUT2D eigenvalue weighted by Gasteiger charge is 2.27. The standard InChI is InChI=1S/C27H21ClN2O4/c1-33-22-12-10-21(11-13-22)30-25(17-6-8-19(28)9-7-17)15-20(29-30)14-24(27(31)32)26-23-5-3-2-4-18(23)16-34-26/h2-13,15-16,24H,14H2,1H3,(H,31,32). The number of nitrogens with zero attached hydrogens (tertiary/aromatic N) is 2. The van der Waals surface area contributed by atoms with E-state index in [9.17, 15) is 9.90 Å². The van der Waals surface area contributed by atoms with Gasteiger partial charge in [0.05, 0.1) is 30.4 Å². The monoisotopic (exact) mass is 472 g/mol. The summed E-state index contributed by atoms with van der Waals surface area (Å²) in [7, 11) is 1.62. The van der Waals surface area contributed by atoms with Crippen molar-refractivity contribution >= 4 is 28.3 Å². The molecule has 1 N–H and O–H groups in total. The predicted molar refractivity (Wildman–Crippen MR) is 131 cm³/mol. The molecule has 0 spiro atoms. The average Bonchev–Trinajstić information content (AvgIpc) is 3.47. The molecule has 2 aromatic heterocycles. The second kappa shape index (κ2) is 9.08. The van der Waals surface area contributed by atoms with Crippen LogP contribution in [0.3, 0.4) is 0 Å². The van der Waals surface area contributed by atoms with E-state index in [1.807, 2.05) is 78.9 Å². The van der Waals surface area contributed by atoms with Gasteiger partial charge in [-0.2, -0.15) is 5.10 Å². The Morgan fingerprint density at radius 1 is 1.09 bits per heavy atom. The van der Waals surface area contributed by atoms with Crippen LogP contribution >= 0.6 is 11.6 Å². The molecule has 6 nitrogen and oxygen atoms in total. The van der Waals surface area contributed by atoms with Crippen LogP contribution < -0.4 is 4.74 Å². The van der Waals surface area contributed by atoms with Crippen molar-refractivity contribution < 1.29 is 19.1 Å². The number of carboxylic acid groups (broad SMARTS) is 1. The first kappa shape index (κ1) is 21.8. The van der Waals surface area contributed by atoms with Crippen molar-refractivity contribution in [1.82, 2.24) is 9.78 Å². The fourth-order valence-electron chi connectivity index (χ4n) is 4.06. The van der Waals surface area contributed by atoms with Crippen LogP contribution in [-0.4, -0.2) is 28.0 Å². The number of benzene rings is 3. The second-order valence-corrected chi connectivity index (χ2v) is 8.36. The minimum absolute atomic E-state index is 0.177. The molecule has 2 heterocycles. The number of methoxy groups -OCH3 is 1. The van der Waals surface area contributed by atoms with Gasteiger partial charge in [-0.3, -0.25) is 4.79 Å². The summed E-state index contributed by atoms with van der Waals surface area (Å²) >= 11 is 6.09. The average molecular weight is 473 g/mol. The number of aromatic nitrogens is 2. The fourth-order valence-corrected chi connectivity index (χ4v) is 4.19. The number of furan rings is 1. The van der Waals surface area contributed by atoms with E-state index in [0.29, 0.717) is 16.5 Å². The quantitative estimate of drug-likeness (QED) is 0.298. The molecule has 0 aliphatic heterocycles. The topological polar surface area (TPSA) is 77.5 Å². The van der Waals surface area contributed by atoms with Gasteiger partial charge in [-0.1, -0.05) is 48.0 Å². The highest BCUT2D eigenvalue weighted by molar-refractivity contribution is 6.30. The maximum absolute atomic E-state index is 12.3. The van der Waals surface area contributed by atoms with Gasteiger partial charge in [0, 0.05) is 27.8 Å². The zero-order chi connectivity index (χ0) is 23.7. The minimum Gasteiger partial charge on any atom is -0.497 e. The van der Waals surface area contributed by atoms with Gasteiger partial charge < -0.3 is 14.3 Å². The number of carbonyl (C=O) groups is 1. The Bertz CT molecular complexity index is 1450. The van der Waals surface area contributed by atoms with Crippen LogP contribution in [0.4, 0.5) is 0 Å². The summed E-state index contributed by atoms with van der Waals surface area (Å²) in [6, 6.07) is 24.4. The molecule has 3 aromatic carbocycles. The van der Waals surface area contributed by atoms with Crippen molar-refractivity contribution in [2.24, 2.45) is 0 Å². The molecule has 0 amide bonds. The van der Waals surface area contributed by atoms with E-state index >= 15 is 0 Å². The lowest BCUT2D eigenvalue weighted by Gasteiger charge is -2.09. The number of ether oxygens (including phenoxy) is 1. The van der Waals surface area contributed by atoms with E-state index in [4.69, 9.17) is 25.9 Å². The van der Waals surface area contributed by atoms with Crippen molar-refractivity contribution in [3.8, 4) is 22.7 Å². The van der Waals surface area contributed by atoms with Gasteiger partial charge in [-0.25, -0.2) is 4.68 Å². The number of aliphatic carboxylic acids is 1. The van der Waals surface area contributed by atoms with Crippen LogP contribution in [0.5, 0.6) is 5.75 Å². The SMILES string of the molecule is COc1ccc(-n2nc(CC(C(=O)O)c3occ4ccccc34)cc2-c2ccc(Cl)cc2)cc1. The summed E-state index contributed by atoms with van der Waals surface area (Å²) in [4.78, 5) is 12.3. The second-order valence-electron chi connectivity index (χ2n) is 7.92. The van der Waals surface area contributed by atoms with Crippen molar-refractivity contribution in [3.05, 3.63) is 102 Å². The van der Waals surface area contributed by atoms with Crippen molar-refractivity contribution in [1.29, 1.82) is 0 Å². The number of halogens is 1. The Balaban J connectivity index is 1.58. The van der Waals surface area contributed by atoms with Crippen LogP contribution in [0.1, 0.15) is 17.4 Å². The van der Waals surface area contributed by atoms with Crippen molar-refractivity contribution in [2.45, 2.75) is 12.3 Å². The Hall–Kier alpha value is -4.03. The van der Waals surface area contributed by atoms with Crippen LogP contribution in [0, 0.1) is 0 Å². The summed E-state index contributed by atoms with van der Waals surface area (Å²) in [6.07, 6.45) is 1.77.